The molecule has 35 heavy (non-hydrogen) atoms. The van der Waals surface area contributed by atoms with Gasteiger partial charge in [-0.05, 0) is 20.8 Å². The van der Waals surface area contributed by atoms with Gasteiger partial charge in [0.05, 0.1) is 12.6 Å². The van der Waals surface area contributed by atoms with Crippen LogP contribution in [0, 0.1) is 0 Å². The molecule has 3 amide bonds. The molecule has 2 aliphatic rings. The number of β-lactam (4-membered cyclic amide) rings is 1. The van der Waals surface area contributed by atoms with Crippen LogP contribution in [0.15, 0.2) is 10.5 Å². The molecule has 0 spiro atoms. The number of hydrogen-bond acceptors (Lipinski definition) is 12. The van der Waals surface area contributed by atoms with Crippen LogP contribution < -0.4 is 11.1 Å². The van der Waals surface area contributed by atoms with Crippen molar-refractivity contribution in [1.29, 1.82) is 0 Å². The average Bonchev–Trinajstić information content (AvgIpc) is 3.29. The molecule has 3 atom stereocenters. The number of anilines is 1. The normalized spacial score (nSPS) is 23.1. The molecule has 1 aromatic rings. The Morgan fingerprint density at radius 1 is 1.43 bits per heavy atom. The first-order valence-electron chi connectivity index (χ1n) is 9.90. The number of oxime groups is 1. The van der Waals surface area contributed by atoms with Gasteiger partial charge in [-0.3, -0.25) is 14.1 Å². The van der Waals surface area contributed by atoms with E-state index in [-0.39, 0.29) is 28.2 Å². The molecule has 0 saturated carbocycles. The van der Waals surface area contributed by atoms with Crippen molar-refractivity contribution in [1.82, 2.24) is 19.5 Å². The van der Waals surface area contributed by atoms with Gasteiger partial charge in [0.1, 0.15) is 17.8 Å². The van der Waals surface area contributed by atoms with Crippen LogP contribution in [-0.2, 0) is 34.3 Å². The van der Waals surface area contributed by atoms with Crippen LogP contribution in [0.4, 0.5) is 9.93 Å². The summed E-state index contributed by atoms with van der Waals surface area (Å²) in [5.41, 5.74) is 3.11. The fraction of sp³-hybridized carbons (Fsp3) is 0.529. The minimum atomic E-state index is -5.01. The van der Waals surface area contributed by atoms with E-state index < -0.39 is 63.7 Å². The lowest BCUT2D eigenvalue weighted by Crippen LogP contribution is -2.74. The Morgan fingerprint density at radius 3 is 2.57 bits per heavy atom. The third kappa shape index (κ3) is 5.43. The van der Waals surface area contributed by atoms with E-state index in [1.54, 1.807) is 6.92 Å². The van der Waals surface area contributed by atoms with Crippen LogP contribution in [0.25, 0.3) is 0 Å². The number of rotatable bonds is 9. The van der Waals surface area contributed by atoms with E-state index in [0.717, 1.165) is 16.2 Å². The lowest BCUT2D eigenvalue weighted by Gasteiger charge is -2.45. The van der Waals surface area contributed by atoms with E-state index in [1.807, 2.05) is 0 Å². The molecule has 0 unspecified atom stereocenters. The number of carboxylic acid groups (broad SMARTS) is 1. The Bertz CT molecular complexity index is 1200. The van der Waals surface area contributed by atoms with E-state index in [1.165, 1.54) is 19.2 Å². The van der Waals surface area contributed by atoms with Crippen molar-refractivity contribution in [3.8, 4) is 0 Å². The Hall–Kier alpha value is -3.51. The van der Waals surface area contributed by atoms with Gasteiger partial charge >= 0.3 is 22.4 Å². The molecule has 2 saturated heterocycles. The van der Waals surface area contributed by atoms with Crippen molar-refractivity contribution in [2.45, 2.75) is 44.6 Å². The van der Waals surface area contributed by atoms with Crippen molar-refractivity contribution < 1.29 is 46.8 Å². The molecule has 192 valence electrons. The summed E-state index contributed by atoms with van der Waals surface area (Å²) in [6.07, 6.45) is -1.25. The second kappa shape index (κ2) is 9.27. The highest BCUT2D eigenvalue weighted by Crippen LogP contribution is 2.26. The fourth-order valence-electron chi connectivity index (χ4n) is 3.19. The number of ether oxygens (including phenoxy) is 1. The minimum Gasteiger partial charge on any atom is -0.478 e. The van der Waals surface area contributed by atoms with E-state index in [0.29, 0.717) is 0 Å². The van der Waals surface area contributed by atoms with E-state index in [9.17, 15) is 37.3 Å². The number of nitrogens with two attached hydrogens (primary N) is 1. The predicted molar refractivity (Wildman–Crippen MR) is 117 cm³/mol. The number of nitrogens with one attached hydrogen (secondary N) is 1. The maximum Gasteiger partial charge on any atom is 0.410 e. The zero-order valence-corrected chi connectivity index (χ0v) is 20.2. The SMILES string of the molecule is C[C@@H]1CN(C[C@@H]2[C@H](NC(=O)/C(=N\OC(C)(C)C(=O)O)c3csc(N)n3)C(=O)N2S(=O)(=O)O)C(=O)O1. The summed E-state index contributed by atoms with van der Waals surface area (Å²) < 4.78 is 38.0. The number of nitrogen functional groups attached to an aromatic ring is 1. The van der Waals surface area contributed by atoms with Gasteiger partial charge in [0.25, 0.3) is 11.8 Å². The number of hydrogen-bond donors (Lipinski definition) is 4. The summed E-state index contributed by atoms with van der Waals surface area (Å²) in [7, 11) is -5.01. The Labute approximate surface area is 202 Å². The lowest BCUT2D eigenvalue weighted by molar-refractivity contribution is -0.161. The molecule has 2 aliphatic heterocycles. The third-order valence-corrected chi connectivity index (χ3v) is 6.63. The van der Waals surface area contributed by atoms with Crippen LogP contribution in [-0.4, -0.2) is 98.7 Å². The number of carbonyl (C=O) groups excluding carboxylic acids is 3. The van der Waals surface area contributed by atoms with Crippen LogP contribution in [0.2, 0.25) is 0 Å². The van der Waals surface area contributed by atoms with Gasteiger partial charge in [0, 0.05) is 11.9 Å². The lowest BCUT2D eigenvalue weighted by atomic mass is 9.97. The summed E-state index contributed by atoms with van der Waals surface area (Å²) >= 11 is 0.943. The Morgan fingerprint density at radius 2 is 2.09 bits per heavy atom. The van der Waals surface area contributed by atoms with E-state index >= 15 is 0 Å². The highest BCUT2D eigenvalue weighted by Gasteiger charge is 2.55. The number of amides is 3. The van der Waals surface area contributed by atoms with Crippen molar-refractivity contribution in [3.63, 3.8) is 0 Å². The number of aromatic nitrogens is 1. The summed E-state index contributed by atoms with van der Waals surface area (Å²) in [5, 5.41) is 16.5. The molecule has 0 bridgehead atoms. The number of carbonyl (C=O) groups is 4. The first-order valence-corrected chi connectivity index (χ1v) is 12.2. The van der Waals surface area contributed by atoms with Gasteiger partial charge in [0.15, 0.2) is 10.8 Å². The van der Waals surface area contributed by atoms with Crippen LogP contribution >= 0.6 is 11.3 Å². The predicted octanol–water partition coefficient (Wildman–Crippen LogP) is -1.35. The van der Waals surface area contributed by atoms with Crippen molar-refractivity contribution in [2.75, 3.05) is 18.8 Å². The van der Waals surface area contributed by atoms with Gasteiger partial charge in [-0.1, -0.05) is 5.16 Å². The second-order valence-electron chi connectivity index (χ2n) is 8.15. The monoisotopic (exact) mass is 534 g/mol. The molecular weight excluding hydrogens is 512 g/mol. The van der Waals surface area contributed by atoms with E-state index in [4.69, 9.17) is 15.3 Å². The number of carboxylic acids is 1. The van der Waals surface area contributed by atoms with Gasteiger partial charge < -0.3 is 30.6 Å². The Balaban J connectivity index is 1.87. The highest BCUT2D eigenvalue weighted by atomic mass is 32.2. The quantitative estimate of drug-likeness (QED) is 0.125. The van der Waals surface area contributed by atoms with Gasteiger partial charge in [-0.25, -0.2) is 18.9 Å². The number of cyclic esters (lactones) is 1. The molecule has 1 aromatic heterocycles. The summed E-state index contributed by atoms with van der Waals surface area (Å²) in [4.78, 5) is 58.8. The maximum atomic E-state index is 13.0. The summed E-state index contributed by atoms with van der Waals surface area (Å²) in [6, 6.07) is -2.86. The third-order valence-electron chi connectivity index (χ3n) is 5.01. The van der Waals surface area contributed by atoms with Crippen molar-refractivity contribution in [2.24, 2.45) is 5.16 Å². The topological polar surface area (TPSA) is 231 Å². The number of aliphatic carboxylic acids is 1. The first kappa shape index (κ1) is 26.1. The second-order valence-corrected chi connectivity index (χ2v) is 10.3. The van der Waals surface area contributed by atoms with Crippen LogP contribution in [0.3, 0.4) is 0 Å². The largest absolute Gasteiger partial charge is 0.478 e. The highest BCUT2D eigenvalue weighted by molar-refractivity contribution is 7.84. The first-order chi connectivity index (χ1) is 16.1. The molecule has 0 aliphatic carbocycles. The summed E-state index contributed by atoms with van der Waals surface area (Å²) in [6.45, 7) is 3.67. The molecule has 3 heterocycles. The fourth-order valence-corrected chi connectivity index (χ4v) is 4.61. The molecule has 0 aromatic carbocycles. The van der Waals surface area contributed by atoms with Crippen LogP contribution in [0.1, 0.15) is 26.5 Å². The molecule has 2 fully saturated rings. The zero-order valence-electron chi connectivity index (χ0n) is 18.6. The van der Waals surface area contributed by atoms with Crippen LogP contribution in [0.5, 0.6) is 0 Å². The van der Waals surface area contributed by atoms with Gasteiger partial charge in [-0.2, -0.15) is 8.42 Å². The summed E-state index contributed by atoms with van der Waals surface area (Å²) in [5.74, 6) is -3.63. The van der Waals surface area contributed by atoms with E-state index in [2.05, 4.69) is 15.5 Å². The van der Waals surface area contributed by atoms with Gasteiger partial charge in [-0.15, -0.1) is 11.3 Å². The number of thiazole rings is 1. The molecule has 18 heteroatoms. The molecule has 5 N–H and O–H groups in total. The van der Waals surface area contributed by atoms with Crippen molar-refractivity contribution in [3.05, 3.63) is 11.1 Å². The maximum absolute atomic E-state index is 13.0. The molecule has 0 radical (unpaired) electrons. The van der Waals surface area contributed by atoms with Crippen molar-refractivity contribution >= 4 is 56.4 Å². The van der Waals surface area contributed by atoms with Gasteiger partial charge in [0.2, 0.25) is 5.60 Å². The number of nitrogens with zero attached hydrogens (tertiary/aromatic N) is 4. The minimum absolute atomic E-state index is 0.0507. The molecular formula is C17H22N6O10S2. The zero-order chi connectivity index (χ0) is 26.3. The Kier molecular flexibility index (Phi) is 6.91. The molecule has 3 rings (SSSR count). The molecule has 16 nitrogen and oxygen atoms in total. The standard InChI is InChI=1S/C17H22N6O10S2/c1-7-4-22(16(28)32-7)5-9-11(13(25)23(9)35(29,30)31)20-12(24)10(8-6-34-15(18)19-8)21-33-17(2,3)14(26)27/h6-7,9,11H,4-5H2,1-3H3,(H2,18,19)(H,20,24)(H,26,27)(H,29,30,31)/b21-10-/t7-,9-,11+/m1/s1. The smallest absolute Gasteiger partial charge is 0.410 e. The average molecular weight is 535 g/mol.